The Morgan fingerprint density at radius 3 is 2.66 bits per heavy atom. The number of guanidine groups is 1. The Bertz CT molecular complexity index is 850. The zero-order chi connectivity index (χ0) is 22.1. The summed E-state index contributed by atoms with van der Waals surface area (Å²) in [4.78, 5) is 20.1. The van der Waals surface area contributed by atoms with Crippen molar-refractivity contribution in [3.63, 3.8) is 0 Å². The predicted octanol–water partition coefficient (Wildman–Crippen LogP) is 4.85. The number of rotatable bonds is 8. The summed E-state index contributed by atoms with van der Waals surface area (Å²) in [6, 6.07) is 12.6. The van der Waals surface area contributed by atoms with E-state index in [1.807, 2.05) is 35.6 Å². The van der Waals surface area contributed by atoms with Gasteiger partial charge in [0.1, 0.15) is 0 Å². The lowest BCUT2D eigenvalue weighted by Gasteiger charge is -2.36. The van der Waals surface area contributed by atoms with E-state index < -0.39 is 0 Å². The molecule has 0 radical (unpaired) electrons. The van der Waals surface area contributed by atoms with Gasteiger partial charge in [-0.2, -0.15) is 0 Å². The number of amides is 1. The van der Waals surface area contributed by atoms with Crippen LogP contribution in [0.2, 0.25) is 0 Å². The molecule has 0 aliphatic carbocycles. The molecule has 1 unspecified atom stereocenters. The number of hydrogen-bond donors (Lipinski definition) is 3. The van der Waals surface area contributed by atoms with Crippen molar-refractivity contribution >= 4 is 52.9 Å². The van der Waals surface area contributed by atoms with Gasteiger partial charge in [-0.1, -0.05) is 25.1 Å². The van der Waals surface area contributed by atoms with E-state index in [0.717, 1.165) is 49.3 Å². The highest BCUT2D eigenvalue weighted by Gasteiger charge is 2.25. The molecule has 0 bridgehead atoms. The summed E-state index contributed by atoms with van der Waals surface area (Å²) < 4.78 is 0. The number of benzene rings is 1. The minimum atomic E-state index is -0.0672. The molecule has 1 amide bonds. The Hall–Kier alpha value is -1.65. The van der Waals surface area contributed by atoms with Gasteiger partial charge in [-0.05, 0) is 67.9 Å². The van der Waals surface area contributed by atoms with Crippen LogP contribution in [-0.4, -0.2) is 42.9 Å². The number of nitrogens with zero attached hydrogens (tertiary/aromatic N) is 2. The third-order valence-electron chi connectivity index (χ3n) is 5.60. The molecule has 176 valence electrons. The fourth-order valence-corrected chi connectivity index (χ4v) is 4.75. The van der Waals surface area contributed by atoms with Gasteiger partial charge in [0.2, 0.25) is 5.91 Å². The zero-order valence-corrected chi connectivity index (χ0v) is 22.4. The minimum Gasteiger partial charge on any atom is -0.357 e. The van der Waals surface area contributed by atoms with Gasteiger partial charge in [-0.15, -0.1) is 35.3 Å². The van der Waals surface area contributed by atoms with E-state index >= 15 is 0 Å². The molecule has 1 aromatic heterocycles. The summed E-state index contributed by atoms with van der Waals surface area (Å²) in [7, 11) is 0. The smallest absolute Gasteiger partial charge is 0.221 e. The minimum absolute atomic E-state index is 0. The molecule has 1 atom stereocenters. The normalized spacial score (nSPS) is 16.2. The first kappa shape index (κ1) is 26.6. The van der Waals surface area contributed by atoms with E-state index in [1.54, 1.807) is 0 Å². The van der Waals surface area contributed by atoms with Gasteiger partial charge in [-0.25, -0.2) is 4.99 Å². The second kappa shape index (κ2) is 13.8. The fourth-order valence-electron chi connectivity index (χ4n) is 3.89. The fraction of sp³-hybridized carbons (Fsp3) is 0.500. The van der Waals surface area contributed by atoms with Crippen molar-refractivity contribution < 1.29 is 4.79 Å². The molecule has 0 saturated carbocycles. The van der Waals surface area contributed by atoms with Crippen LogP contribution in [0.3, 0.4) is 0 Å². The van der Waals surface area contributed by atoms with Crippen LogP contribution in [0.25, 0.3) is 0 Å². The van der Waals surface area contributed by atoms with E-state index in [0.29, 0.717) is 12.6 Å². The molecule has 6 nitrogen and oxygen atoms in total. The lowest BCUT2D eigenvalue weighted by Crippen LogP contribution is -2.45. The van der Waals surface area contributed by atoms with Crippen molar-refractivity contribution in [1.82, 2.24) is 15.5 Å². The van der Waals surface area contributed by atoms with E-state index in [9.17, 15) is 4.79 Å². The number of aliphatic imine (C=N–C) groups is 1. The Morgan fingerprint density at radius 2 is 2.00 bits per heavy atom. The molecule has 3 N–H and O–H groups in total. The maximum absolute atomic E-state index is 11.3. The number of piperidine rings is 1. The molecule has 1 aliphatic heterocycles. The van der Waals surface area contributed by atoms with Gasteiger partial charge in [0.05, 0.1) is 12.6 Å². The highest BCUT2D eigenvalue weighted by molar-refractivity contribution is 14.0. The number of likely N-dealkylation sites (tertiary alicyclic amines) is 1. The SMILES string of the molecule is CCNC(=NCc1cccc(NC(C)=O)c1)NCC(c1cccs1)N1CCC(C)CC1.I. The molecule has 1 aliphatic rings. The van der Waals surface area contributed by atoms with Crippen molar-refractivity contribution in [2.24, 2.45) is 10.9 Å². The topological polar surface area (TPSA) is 68.8 Å². The van der Waals surface area contributed by atoms with Gasteiger partial charge >= 0.3 is 0 Å². The van der Waals surface area contributed by atoms with Crippen LogP contribution in [-0.2, 0) is 11.3 Å². The first-order chi connectivity index (χ1) is 15.0. The average Bonchev–Trinajstić information content (AvgIpc) is 3.27. The molecule has 3 rings (SSSR count). The van der Waals surface area contributed by atoms with Crippen LogP contribution in [0.4, 0.5) is 5.69 Å². The van der Waals surface area contributed by atoms with Crippen molar-refractivity contribution in [2.45, 2.75) is 46.2 Å². The molecule has 1 fully saturated rings. The lowest BCUT2D eigenvalue weighted by atomic mass is 9.97. The van der Waals surface area contributed by atoms with Gasteiger partial charge in [0.15, 0.2) is 5.96 Å². The summed E-state index contributed by atoms with van der Waals surface area (Å²) >= 11 is 1.83. The van der Waals surface area contributed by atoms with Gasteiger partial charge in [0, 0.05) is 30.6 Å². The Labute approximate surface area is 213 Å². The standard InChI is InChI=1S/C24H35N5OS.HI/c1-4-25-24(26-16-20-7-5-8-21(15-20)28-19(3)30)27-17-22(23-9-6-14-31-23)29-12-10-18(2)11-13-29;/h5-9,14-15,18,22H,4,10-13,16-17H2,1-3H3,(H,28,30)(H2,25,26,27);1H. The Morgan fingerprint density at radius 1 is 1.22 bits per heavy atom. The molecule has 1 aromatic carbocycles. The van der Waals surface area contributed by atoms with Gasteiger partial charge in [0.25, 0.3) is 0 Å². The van der Waals surface area contributed by atoms with Gasteiger partial charge < -0.3 is 16.0 Å². The summed E-state index contributed by atoms with van der Waals surface area (Å²) in [5, 5.41) is 11.9. The maximum atomic E-state index is 11.3. The van der Waals surface area contributed by atoms with Crippen LogP contribution in [0.15, 0.2) is 46.8 Å². The quantitative estimate of drug-likeness (QED) is 0.242. The van der Waals surface area contributed by atoms with Crippen LogP contribution in [0.1, 0.15) is 50.1 Å². The Kier molecular flexibility index (Phi) is 11.5. The molecule has 1 saturated heterocycles. The molecule has 0 spiro atoms. The number of nitrogens with one attached hydrogen (secondary N) is 3. The number of thiophene rings is 1. The molecule has 2 heterocycles. The highest BCUT2D eigenvalue weighted by Crippen LogP contribution is 2.29. The van der Waals surface area contributed by atoms with Crippen LogP contribution in [0.5, 0.6) is 0 Å². The summed E-state index contributed by atoms with van der Waals surface area (Å²) in [6.45, 7) is 10.4. The largest absolute Gasteiger partial charge is 0.357 e. The molecular formula is C24H36IN5OS. The zero-order valence-electron chi connectivity index (χ0n) is 19.3. The lowest BCUT2D eigenvalue weighted by molar-refractivity contribution is -0.114. The predicted molar refractivity (Wildman–Crippen MR) is 146 cm³/mol. The number of hydrogen-bond acceptors (Lipinski definition) is 4. The van der Waals surface area contributed by atoms with Crippen molar-refractivity contribution in [3.8, 4) is 0 Å². The Balaban J connectivity index is 0.00000363. The molecule has 2 aromatic rings. The molecule has 32 heavy (non-hydrogen) atoms. The van der Waals surface area contributed by atoms with Crippen LogP contribution < -0.4 is 16.0 Å². The highest BCUT2D eigenvalue weighted by atomic mass is 127. The van der Waals surface area contributed by atoms with E-state index in [2.05, 4.69) is 52.2 Å². The van der Waals surface area contributed by atoms with Crippen LogP contribution in [0, 0.1) is 5.92 Å². The number of carbonyl (C=O) groups excluding carboxylic acids is 1. The molecular weight excluding hydrogens is 533 g/mol. The number of carbonyl (C=O) groups is 1. The maximum Gasteiger partial charge on any atom is 0.221 e. The summed E-state index contributed by atoms with van der Waals surface area (Å²) in [6.07, 6.45) is 2.53. The average molecular weight is 570 g/mol. The van der Waals surface area contributed by atoms with Crippen molar-refractivity contribution in [3.05, 3.63) is 52.2 Å². The summed E-state index contributed by atoms with van der Waals surface area (Å²) in [5.41, 5.74) is 1.86. The molecule has 8 heteroatoms. The monoisotopic (exact) mass is 569 g/mol. The second-order valence-electron chi connectivity index (χ2n) is 8.21. The number of halogens is 1. The van der Waals surface area contributed by atoms with E-state index in [4.69, 9.17) is 4.99 Å². The third-order valence-corrected chi connectivity index (χ3v) is 6.58. The van der Waals surface area contributed by atoms with Crippen molar-refractivity contribution in [2.75, 3.05) is 31.5 Å². The number of anilines is 1. The first-order valence-electron chi connectivity index (χ1n) is 11.2. The van der Waals surface area contributed by atoms with E-state index in [1.165, 1.54) is 24.6 Å². The van der Waals surface area contributed by atoms with Crippen LogP contribution >= 0.6 is 35.3 Å². The first-order valence-corrected chi connectivity index (χ1v) is 12.1. The van der Waals surface area contributed by atoms with Crippen molar-refractivity contribution in [1.29, 1.82) is 0 Å². The second-order valence-corrected chi connectivity index (χ2v) is 9.19. The third kappa shape index (κ3) is 8.37. The van der Waals surface area contributed by atoms with Gasteiger partial charge in [-0.3, -0.25) is 9.69 Å². The van der Waals surface area contributed by atoms with E-state index in [-0.39, 0.29) is 29.9 Å². The summed E-state index contributed by atoms with van der Waals surface area (Å²) in [5.74, 6) is 1.57.